The Hall–Kier alpha value is -19.5. The van der Waals surface area contributed by atoms with Gasteiger partial charge in [-0.25, -0.2) is 0 Å². The van der Waals surface area contributed by atoms with Crippen LogP contribution in [-0.4, -0.2) is 18.3 Å². The van der Waals surface area contributed by atoms with Gasteiger partial charge in [0.15, 0.2) is 0 Å². The van der Waals surface area contributed by atoms with E-state index in [4.69, 9.17) is 0 Å². The highest BCUT2D eigenvalue weighted by Crippen LogP contribution is 2.47. The van der Waals surface area contributed by atoms with Crippen molar-refractivity contribution in [2.75, 3.05) is 0 Å². The van der Waals surface area contributed by atoms with Crippen LogP contribution in [0.5, 0.6) is 0 Å². The molecule has 0 spiro atoms. The summed E-state index contributed by atoms with van der Waals surface area (Å²) in [6, 6.07) is 212. The monoisotopic (exact) mass is 1880 g/mol. The molecule has 0 saturated heterocycles. The number of aromatic nitrogens is 4. The fourth-order valence-corrected chi connectivity index (χ4v) is 22.7. The molecule has 4 nitrogen and oxygen atoms in total. The molecule has 0 radical (unpaired) electrons. The van der Waals surface area contributed by atoms with Crippen LogP contribution in [0.25, 0.3) is 266 Å². The van der Waals surface area contributed by atoms with Gasteiger partial charge in [-0.15, -0.1) is 0 Å². The van der Waals surface area contributed by atoms with E-state index in [1.54, 1.807) is 0 Å². The van der Waals surface area contributed by atoms with Crippen molar-refractivity contribution in [1.29, 1.82) is 0 Å². The highest BCUT2D eigenvalue weighted by molar-refractivity contribution is 6.16. The van der Waals surface area contributed by atoms with E-state index in [0.717, 1.165) is 11.4 Å². The van der Waals surface area contributed by atoms with E-state index in [-0.39, 0.29) is 0 Å². The minimum Gasteiger partial charge on any atom is -0.309 e. The molecule has 0 aliphatic rings. The lowest BCUT2D eigenvalue weighted by atomic mass is 9.92. The van der Waals surface area contributed by atoms with Gasteiger partial charge in [0.2, 0.25) is 0 Å². The van der Waals surface area contributed by atoms with Gasteiger partial charge in [-0.2, -0.15) is 0 Å². The lowest BCUT2D eigenvalue weighted by Gasteiger charge is -2.14. The quantitative estimate of drug-likeness (QED) is 0.0816. The molecule has 4 aromatic heterocycles. The summed E-state index contributed by atoms with van der Waals surface area (Å²) >= 11 is 0. The lowest BCUT2D eigenvalue weighted by Crippen LogP contribution is -1.97. The van der Waals surface area contributed by atoms with Crippen molar-refractivity contribution in [1.82, 2.24) is 18.3 Å². The zero-order valence-electron chi connectivity index (χ0n) is 81.2. The number of nitrogens with zero attached hydrogens (tertiary/aromatic N) is 4. The summed E-state index contributed by atoms with van der Waals surface area (Å²) in [4.78, 5) is 0. The maximum absolute atomic E-state index is 2.43. The van der Waals surface area contributed by atoms with Crippen LogP contribution in [0.2, 0.25) is 0 Å². The summed E-state index contributed by atoms with van der Waals surface area (Å²) in [6.45, 7) is 0. The Morgan fingerprint density at radius 3 is 0.608 bits per heavy atom. The molecule has 148 heavy (non-hydrogen) atoms. The Labute approximate surface area is 860 Å². The normalized spacial score (nSPS) is 11.5. The summed E-state index contributed by atoms with van der Waals surface area (Å²) in [7, 11) is 0. The Balaban J connectivity index is 0.000000146. The molecule has 24 aromatic carbocycles. The zero-order chi connectivity index (χ0) is 97.9. The van der Waals surface area contributed by atoms with Crippen LogP contribution in [-0.2, 0) is 0 Å². The first-order valence-corrected chi connectivity index (χ1v) is 51.0. The van der Waals surface area contributed by atoms with E-state index >= 15 is 0 Å². The second-order valence-electron chi connectivity index (χ2n) is 38.5. The first kappa shape index (κ1) is 87.5. The molecule has 4 heterocycles. The SMILES string of the molecule is c1ccc(-c2cccc(-c3cccc(-c4ccc(-c5ccc(-c6cccc(-n7c8ccccc8c8cc(-c9ccc%10c(c9)c9ccccc9n%10-c9ccccc9-c9ccccc9)ccc87)c6)cc5)cc4)c3)c2)cc1.c1ccc(-c2cccc(-c3cccc(-c4ccc(-c5ccccc5-c5ccc(-n6c7ccccc7c7cc(-c8ccc9c(c8)c8ccccc8n9-c8ccccc8-c8ccccc8)ccc76)cc5)cc4)c3)c2)cc1. The van der Waals surface area contributed by atoms with E-state index in [9.17, 15) is 0 Å². The molecule has 0 amide bonds. The fourth-order valence-electron chi connectivity index (χ4n) is 22.7. The topological polar surface area (TPSA) is 19.7 Å². The predicted molar refractivity (Wildman–Crippen MR) is 626 cm³/mol. The minimum absolute atomic E-state index is 1.13. The van der Waals surface area contributed by atoms with Crippen LogP contribution < -0.4 is 0 Å². The summed E-state index contributed by atoms with van der Waals surface area (Å²) in [5.74, 6) is 0. The number of fused-ring (bicyclic) bond motifs is 12. The van der Waals surface area contributed by atoms with Gasteiger partial charge in [0.25, 0.3) is 0 Å². The molecule has 0 aliphatic heterocycles. The molecule has 0 fully saturated rings. The molecule has 692 valence electrons. The molecule has 0 aliphatic carbocycles. The molecule has 4 heteroatoms. The summed E-state index contributed by atoms with van der Waals surface area (Å²) < 4.78 is 9.71. The van der Waals surface area contributed by atoms with Crippen LogP contribution in [0, 0.1) is 0 Å². The second kappa shape index (κ2) is 37.7. The van der Waals surface area contributed by atoms with Crippen molar-refractivity contribution in [2.45, 2.75) is 0 Å². The van der Waals surface area contributed by atoms with Crippen LogP contribution >= 0.6 is 0 Å². The summed E-state index contributed by atoms with van der Waals surface area (Å²) in [5.41, 5.74) is 47.9. The van der Waals surface area contributed by atoms with Gasteiger partial charge in [-0.1, -0.05) is 449 Å². The third-order valence-electron chi connectivity index (χ3n) is 29.9. The number of benzene rings is 24. The van der Waals surface area contributed by atoms with E-state index in [1.165, 1.54) is 254 Å². The van der Waals surface area contributed by atoms with Gasteiger partial charge in [-0.3, -0.25) is 0 Å². The average molecular weight is 1880 g/mol. The van der Waals surface area contributed by atoms with E-state index in [2.05, 4.69) is 601 Å². The summed E-state index contributed by atoms with van der Waals surface area (Å²) in [5, 5.41) is 9.92. The second-order valence-corrected chi connectivity index (χ2v) is 38.5. The molecule has 0 saturated carbocycles. The van der Waals surface area contributed by atoms with Gasteiger partial charge < -0.3 is 18.3 Å². The first-order chi connectivity index (χ1) is 73.4. The van der Waals surface area contributed by atoms with Crippen LogP contribution in [0.4, 0.5) is 0 Å². The van der Waals surface area contributed by atoms with Gasteiger partial charge in [0.05, 0.1) is 55.5 Å². The van der Waals surface area contributed by atoms with Gasteiger partial charge in [0.1, 0.15) is 0 Å². The highest BCUT2D eigenvalue weighted by Gasteiger charge is 2.24. The largest absolute Gasteiger partial charge is 0.309 e. The fraction of sp³-hybridized carbons (Fsp3) is 0. The van der Waals surface area contributed by atoms with Crippen LogP contribution in [0.1, 0.15) is 0 Å². The number of para-hydroxylation sites is 6. The molecule has 28 aromatic rings. The van der Waals surface area contributed by atoms with Gasteiger partial charge in [0, 0.05) is 65.6 Å². The van der Waals surface area contributed by atoms with E-state index in [1.807, 2.05) is 0 Å². The standard InChI is InChI=1S/2C72H48N2/c1-3-16-49(17-4-1)55-20-13-22-57(44-55)58-23-14-21-56(45-58)52-36-32-50(33-37-52)51-34-38-53(39-35-51)59-24-15-25-62(46-59)73-69-30-11-8-27-64(69)66-47-60(40-42-71(66)73)61-41-43-72-67(48-61)65-28-9-12-31-70(65)74(72)68-29-10-7-26-63(68)54-18-5-2-6-19-54;1-3-17-49(18-4-1)54-21-15-23-56(45-54)57-24-16-22-55(46-57)50-33-35-52(36-34-50)61-25-7-8-26-62(61)53-37-41-60(42-38-53)73-69-31-13-10-28-64(69)66-47-58(39-43-71(66)73)59-40-44-72-67(48-59)65-29-11-14-32-70(65)74(72)68-30-12-9-27-63(68)51-19-5-2-6-20-51/h2*1-48H. The first-order valence-electron chi connectivity index (χ1n) is 51.0. The van der Waals surface area contributed by atoms with Crippen molar-refractivity contribution in [3.05, 3.63) is 582 Å². The molecule has 0 atom stereocenters. The maximum Gasteiger partial charge on any atom is 0.0541 e. The van der Waals surface area contributed by atoms with E-state index < -0.39 is 0 Å². The molecule has 0 N–H and O–H groups in total. The Morgan fingerprint density at radius 1 is 0.0878 bits per heavy atom. The minimum atomic E-state index is 1.13. The molecule has 28 rings (SSSR count). The third kappa shape index (κ3) is 16.1. The van der Waals surface area contributed by atoms with E-state index in [0.29, 0.717) is 0 Å². The Kier molecular flexibility index (Phi) is 22.3. The zero-order valence-corrected chi connectivity index (χ0v) is 81.2. The Morgan fingerprint density at radius 2 is 0.277 bits per heavy atom. The average Bonchev–Trinajstić information content (AvgIpc) is 1.58. The van der Waals surface area contributed by atoms with Crippen molar-refractivity contribution in [3.63, 3.8) is 0 Å². The van der Waals surface area contributed by atoms with Gasteiger partial charge in [-0.05, 0) is 278 Å². The summed E-state index contributed by atoms with van der Waals surface area (Å²) in [6.07, 6.45) is 0. The number of hydrogen-bond donors (Lipinski definition) is 0. The Bertz CT molecular complexity index is 9910. The number of rotatable bonds is 18. The predicted octanol–water partition coefficient (Wildman–Crippen LogP) is 39.1. The highest BCUT2D eigenvalue weighted by atomic mass is 15.0. The molecule has 0 bridgehead atoms. The third-order valence-corrected chi connectivity index (χ3v) is 29.9. The number of hydrogen-bond acceptors (Lipinski definition) is 0. The molecular formula is C144H96N4. The van der Waals surface area contributed by atoms with Crippen molar-refractivity contribution in [2.24, 2.45) is 0 Å². The van der Waals surface area contributed by atoms with Gasteiger partial charge >= 0.3 is 0 Å². The molecule has 0 unspecified atom stereocenters. The van der Waals surface area contributed by atoms with Crippen molar-refractivity contribution >= 4 is 87.2 Å². The molecular weight excluding hydrogens is 1790 g/mol. The smallest absolute Gasteiger partial charge is 0.0541 e. The van der Waals surface area contributed by atoms with Crippen molar-refractivity contribution in [3.8, 4) is 179 Å². The van der Waals surface area contributed by atoms with Crippen molar-refractivity contribution < 1.29 is 0 Å². The lowest BCUT2D eigenvalue weighted by molar-refractivity contribution is 1.18. The van der Waals surface area contributed by atoms with Crippen LogP contribution in [0.3, 0.4) is 0 Å². The van der Waals surface area contributed by atoms with Crippen LogP contribution in [0.15, 0.2) is 582 Å². The maximum atomic E-state index is 2.43.